The molecule has 6 heteroatoms. The number of benzene rings is 3. The molecule has 3 aromatic rings. The van der Waals surface area contributed by atoms with Crippen molar-refractivity contribution in [2.45, 2.75) is 52.4 Å². The van der Waals surface area contributed by atoms with Crippen LogP contribution in [0, 0.1) is 6.92 Å². The number of hydrogen-bond donors (Lipinski definition) is 2. The maximum atomic E-state index is 12.3. The summed E-state index contributed by atoms with van der Waals surface area (Å²) in [5.74, 6) is 1.51. The molecule has 0 bridgehead atoms. The number of Topliss-reactive ketones (excluding diaryl/α,β-unsaturated/α-hetero) is 1. The van der Waals surface area contributed by atoms with Gasteiger partial charge in [0.1, 0.15) is 23.9 Å². The van der Waals surface area contributed by atoms with Crippen molar-refractivity contribution in [1.29, 1.82) is 0 Å². The number of ketones is 1. The highest BCUT2D eigenvalue weighted by Gasteiger charge is 2.13. The Hall–Kier alpha value is -2.31. The second-order valence-corrected chi connectivity index (χ2v) is 10.6. The molecule has 0 atom stereocenters. The lowest BCUT2D eigenvalue weighted by Crippen LogP contribution is -2.11. The van der Waals surface area contributed by atoms with Crippen LogP contribution in [-0.4, -0.2) is 22.6 Å². The quantitative estimate of drug-likeness (QED) is 0.255. The minimum absolute atomic E-state index is 0.0209. The number of aromatic hydroxyl groups is 2. The van der Waals surface area contributed by atoms with E-state index in [4.69, 9.17) is 4.74 Å². The number of hydrogen-bond acceptors (Lipinski definition) is 4. The molecule has 4 nitrogen and oxygen atoms in total. The molecule has 0 aliphatic rings. The number of carbonyl (C=O) groups is 1. The van der Waals surface area contributed by atoms with Crippen LogP contribution >= 0.6 is 31.9 Å². The van der Waals surface area contributed by atoms with Gasteiger partial charge in [-0.05, 0) is 84.2 Å². The van der Waals surface area contributed by atoms with E-state index in [-0.39, 0.29) is 24.1 Å². The predicted octanol–water partition coefficient (Wildman–Crippen LogP) is 7.62. The molecule has 0 saturated heterocycles. The summed E-state index contributed by atoms with van der Waals surface area (Å²) in [5.41, 5.74) is 4.98. The van der Waals surface area contributed by atoms with Gasteiger partial charge in [-0.15, -0.1) is 0 Å². The van der Waals surface area contributed by atoms with Crippen LogP contribution < -0.4 is 4.74 Å². The Morgan fingerprint density at radius 2 is 1.62 bits per heavy atom. The molecular formula is C28H30Br2O4. The third-order valence-corrected chi connectivity index (χ3v) is 7.22. The van der Waals surface area contributed by atoms with Crippen molar-refractivity contribution in [3.8, 4) is 17.2 Å². The maximum absolute atomic E-state index is 12.3. The number of phenols is 2. The van der Waals surface area contributed by atoms with Crippen molar-refractivity contribution >= 4 is 37.6 Å². The number of aryl methyl sites for hydroxylation is 2. The van der Waals surface area contributed by atoms with Crippen LogP contribution in [0.1, 0.15) is 60.4 Å². The fourth-order valence-electron chi connectivity index (χ4n) is 3.75. The van der Waals surface area contributed by atoms with Crippen molar-refractivity contribution in [3.05, 3.63) is 85.3 Å². The topological polar surface area (TPSA) is 66.8 Å². The summed E-state index contributed by atoms with van der Waals surface area (Å²) in [6, 6.07) is 15.1. The zero-order valence-corrected chi connectivity index (χ0v) is 22.9. The Kier molecular flexibility index (Phi) is 9.20. The number of carbonyl (C=O) groups excluding carboxylic acids is 1. The second kappa shape index (κ2) is 11.9. The van der Waals surface area contributed by atoms with E-state index < -0.39 is 0 Å². The molecule has 2 N–H and O–H groups in total. The van der Waals surface area contributed by atoms with E-state index >= 15 is 0 Å². The fraction of sp³-hybridized carbons (Fsp3) is 0.321. The number of halogens is 2. The molecule has 0 aliphatic carbocycles. The molecule has 0 heterocycles. The molecule has 34 heavy (non-hydrogen) atoms. The summed E-state index contributed by atoms with van der Waals surface area (Å²) in [4.78, 5) is 12.3. The largest absolute Gasteiger partial charge is 0.508 e. The molecule has 0 aromatic heterocycles. The zero-order valence-electron chi connectivity index (χ0n) is 19.7. The molecule has 0 fully saturated rings. The molecule has 0 aliphatic heterocycles. The molecule has 3 rings (SSSR count). The van der Waals surface area contributed by atoms with Gasteiger partial charge in [0.25, 0.3) is 0 Å². The maximum Gasteiger partial charge on any atom is 0.170 e. The van der Waals surface area contributed by atoms with Crippen LogP contribution in [0.2, 0.25) is 0 Å². The van der Waals surface area contributed by atoms with E-state index in [1.54, 1.807) is 12.1 Å². The van der Waals surface area contributed by atoms with E-state index in [2.05, 4.69) is 45.7 Å². The summed E-state index contributed by atoms with van der Waals surface area (Å²) in [7, 11) is 0. The first-order valence-corrected chi connectivity index (χ1v) is 13.0. The van der Waals surface area contributed by atoms with Crippen LogP contribution in [-0.2, 0) is 17.6 Å². The van der Waals surface area contributed by atoms with Gasteiger partial charge in [0, 0.05) is 15.4 Å². The van der Waals surface area contributed by atoms with Crippen molar-refractivity contribution in [2.75, 3.05) is 6.61 Å². The highest BCUT2D eigenvalue weighted by Crippen LogP contribution is 2.34. The SMILES string of the molecule is Cc1ccc(CCCC(=O)COc2cc(Br)c(Cc3ccc(O)c(C(C)C)c3)c(Br)c2)cc1O. The van der Waals surface area contributed by atoms with Gasteiger partial charge in [-0.3, -0.25) is 4.79 Å². The molecule has 0 saturated carbocycles. The van der Waals surface area contributed by atoms with Gasteiger partial charge in [-0.25, -0.2) is 0 Å². The Bertz CT molecular complexity index is 1150. The lowest BCUT2D eigenvalue weighted by Gasteiger charge is -2.14. The van der Waals surface area contributed by atoms with Gasteiger partial charge in [0.15, 0.2) is 5.78 Å². The Balaban J connectivity index is 1.55. The second-order valence-electron chi connectivity index (χ2n) is 8.89. The van der Waals surface area contributed by atoms with Crippen molar-refractivity contribution in [2.24, 2.45) is 0 Å². The first-order valence-electron chi connectivity index (χ1n) is 11.4. The van der Waals surface area contributed by atoms with E-state index in [0.717, 1.165) is 43.2 Å². The van der Waals surface area contributed by atoms with Gasteiger partial charge in [0.2, 0.25) is 0 Å². The zero-order chi connectivity index (χ0) is 24.8. The number of phenolic OH excluding ortho intramolecular Hbond substituents is 2. The lowest BCUT2D eigenvalue weighted by molar-refractivity contribution is -0.121. The highest BCUT2D eigenvalue weighted by molar-refractivity contribution is 9.11. The first kappa shape index (κ1) is 26.3. The summed E-state index contributed by atoms with van der Waals surface area (Å²) in [5, 5.41) is 19.9. The van der Waals surface area contributed by atoms with Crippen molar-refractivity contribution < 1.29 is 19.7 Å². The molecule has 0 spiro atoms. The monoisotopic (exact) mass is 588 g/mol. The fourth-order valence-corrected chi connectivity index (χ4v) is 5.17. The van der Waals surface area contributed by atoms with E-state index in [1.165, 1.54) is 0 Å². The molecule has 0 unspecified atom stereocenters. The summed E-state index contributed by atoms with van der Waals surface area (Å²) < 4.78 is 7.54. The molecule has 180 valence electrons. The third-order valence-electron chi connectivity index (χ3n) is 5.80. The Labute approximate surface area is 218 Å². The Morgan fingerprint density at radius 1 is 0.941 bits per heavy atom. The van der Waals surface area contributed by atoms with E-state index in [0.29, 0.717) is 30.8 Å². The lowest BCUT2D eigenvalue weighted by atomic mass is 9.96. The van der Waals surface area contributed by atoms with Crippen LogP contribution in [0.25, 0.3) is 0 Å². The Morgan fingerprint density at radius 3 is 2.26 bits per heavy atom. The number of ether oxygens (including phenoxy) is 1. The minimum atomic E-state index is 0.0209. The summed E-state index contributed by atoms with van der Waals surface area (Å²) in [6.07, 6.45) is 2.56. The highest BCUT2D eigenvalue weighted by atomic mass is 79.9. The van der Waals surface area contributed by atoms with Gasteiger partial charge in [0.05, 0.1) is 0 Å². The van der Waals surface area contributed by atoms with Crippen LogP contribution in [0.3, 0.4) is 0 Å². The summed E-state index contributed by atoms with van der Waals surface area (Å²) >= 11 is 7.28. The van der Waals surface area contributed by atoms with E-state index in [9.17, 15) is 15.0 Å². The van der Waals surface area contributed by atoms with Gasteiger partial charge < -0.3 is 14.9 Å². The van der Waals surface area contributed by atoms with Gasteiger partial charge in [-0.2, -0.15) is 0 Å². The van der Waals surface area contributed by atoms with Crippen LogP contribution in [0.5, 0.6) is 17.2 Å². The molecule has 0 radical (unpaired) electrons. The van der Waals surface area contributed by atoms with E-state index in [1.807, 2.05) is 43.3 Å². The average molecular weight is 590 g/mol. The van der Waals surface area contributed by atoms with Crippen LogP contribution in [0.15, 0.2) is 57.5 Å². The molecular weight excluding hydrogens is 560 g/mol. The van der Waals surface area contributed by atoms with Gasteiger partial charge in [-0.1, -0.05) is 70.0 Å². The summed E-state index contributed by atoms with van der Waals surface area (Å²) in [6.45, 7) is 6.00. The standard InChI is InChI=1S/C28H30Br2O4/c1-17(2)23-11-20(9-10-27(23)32)12-24-25(29)14-22(15-26(24)30)34-16-21(31)6-4-5-19-8-7-18(3)28(33)13-19/h7-11,13-15,17,32-33H,4-6,12,16H2,1-3H3. The molecule has 0 amide bonds. The normalized spacial score (nSPS) is 11.1. The average Bonchev–Trinajstić information content (AvgIpc) is 2.78. The predicted molar refractivity (Wildman–Crippen MR) is 143 cm³/mol. The van der Waals surface area contributed by atoms with Gasteiger partial charge >= 0.3 is 0 Å². The minimum Gasteiger partial charge on any atom is -0.508 e. The first-order chi connectivity index (χ1) is 16.1. The number of rotatable bonds is 10. The van der Waals surface area contributed by atoms with Crippen LogP contribution in [0.4, 0.5) is 0 Å². The van der Waals surface area contributed by atoms with Crippen molar-refractivity contribution in [1.82, 2.24) is 0 Å². The smallest absolute Gasteiger partial charge is 0.170 e. The third kappa shape index (κ3) is 7.09. The van der Waals surface area contributed by atoms with Crippen molar-refractivity contribution in [3.63, 3.8) is 0 Å². The molecule has 3 aromatic carbocycles.